The van der Waals surface area contributed by atoms with Gasteiger partial charge in [0.25, 0.3) is 0 Å². The summed E-state index contributed by atoms with van der Waals surface area (Å²) in [7, 11) is -0.0301. The van der Waals surface area contributed by atoms with Crippen molar-refractivity contribution in [2.75, 3.05) is 6.61 Å². The van der Waals surface area contributed by atoms with Crippen LogP contribution in [0.25, 0.3) is 0 Å². The van der Waals surface area contributed by atoms with E-state index < -0.39 is 0 Å². The molecule has 0 bridgehead atoms. The molecule has 0 rings (SSSR count). The standard InChI is InChI=1S/C5H10O3Si/c1-5(6)8-3-2-4-9-7/h7H,2-4H2,1H3. The third-order valence-electron chi connectivity index (χ3n) is 0.738. The lowest BCUT2D eigenvalue weighted by atomic mass is 10.5. The van der Waals surface area contributed by atoms with Gasteiger partial charge in [-0.3, -0.25) is 4.79 Å². The highest BCUT2D eigenvalue weighted by Crippen LogP contribution is 1.87. The van der Waals surface area contributed by atoms with Gasteiger partial charge in [-0.2, -0.15) is 0 Å². The molecule has 2 radical (unpaired) electrons. The van der Waals surface area contributed by atoms with Crippen LogP contribution in [0.4, 0.5) is 0 Å². The molecule has 0 atom stereocenters. The van der Waals surface area contributed by atoms with Gasteiger partial charge in [0.15, 0.2) is 0 Å². The monoisotopic (exact) mass is 146 g/mol. The number of carbonyl (C=O) groups is 1. The fourth-order valence-corrected chi connectivity index (χ4v) is 0.670. The van der Waals surface area contributed by atoms with Gasteiger partial charge in [-0.15, -0.1) is 0 Å². The third-order valence-corrected chi connectivity index (χ3v) is 1.32. The summed E-state index contributed by atoms with van der Waals surface area (Å²) < 4.78 is 4.60. The Bertz CT molecular complexity index is 84.3. The van der Waals surface area contributed by atoms with E-state index in [2.05, 4.69) is 4.74 Å². The van der Waals surface area contributed by atoms with E-state index >= 15 is 0 Å². The van der Waals surface area contributed by atoms with Crippen molar-refractivity contribution in [2.45, 2.75) is 19.4 Å². The molecule has 0 spiro atoms. The van der Waals surface area contributed by atoms with Crippen molar-refractivity contribution in [1.29, 1.82) is 0 Å². The van der Waals surface area contributed by atoms with Gasteiger partial charge >= 0.3 is 5.97 Å². The maximum atomic E-state index is 10.1. The molecule has 0 saturated heterocycles. The molecular formula is C5H10O3Si. The van der Waals surface area contributed by atoms with Gasteiger partial charge in [-0.05, 0) is 12.5 Å². The smallest absolute Gasteiger partial charge is 0.302 e. The van der Waals surface area contributed by atoms with Gasteiger partial charge in [0.2, 0.25) is 9.76 Å². The zero-order valence-corrected chi connectivity index (χ0v) is 6.39. The van der Waals surface area contributed by atoms with Gasteiger partial charge in [-0.1, -0.05) is 0 Å². The summed E-state index contributed by atoms with van der Waals surface area (Å²) in [6, 6.07) is 0.729. The summed E-state index contributed by atoms with van der Waals surface area (Å²) in [5.74, 6) is -0.253. The number of carbonyl (C=O) groups excluding carboxylic acids is 1. The Morgan fingerprint density at radius 2 is 2.44 bits per heavy atom. The van der Waals surface area contributed by atoms with Crippen LogP contribution in [0.15, 0.2) is 0 Å². The lowest BCUT2D eigenvalue weighted by molar-refractivity contribution is -0.140. The average molecular weight is 146 g/mol. The van der Waals surface area contributed by atoms with Crippen LogP contribution in [0.1, 0.15) is 13.3 Å². The maximum Gasteiger partial charge on any atom is 0.302 e. The second-order valence-corrected chi connectivity index (χ2v) is 2.42. The highest BCUT2D eigenvalue weighted by molar-refractivity contribution is 6.25. The SMILES string of the molecule is CC(=O)OCCC[Si]O. The first kappa shape index (κ1) is 8.65. The third kappa shape index (κ3) is 7.65. The largest absolute Gasteiger partial charge is 0.466 e. The molecule has 52 valence electrons. The van der Waals surface area contributed by atoms with Crippen LogP contribution in [0, 0.1) is 0 Å². The predicted octanol–water partition coefficient (Wildman–Crippen LogP) is -0.0306. The zero-order chi connectivity index (χ0) is 7.11. The Labute approximate surface area is 57.0 Å². The molecule has 4 heteroatoms. The fraction of sp³-hybridized carbons (Fsp3) is 0.800. The van der Waals surface area contributed by atoms with E-state index in [9.17, 15) is 4.79 Å². The van der Waals surface area contributed by atoms with Crippen molar-refractivity contribution >= 4 is 15.7 Å². The number of hydrogen-bond acceptors (Lipinski definition) is 3. The fourth-order valence-electron chi connectivity index (χ4n) is 0.367. The molecule has 0 amide bonds. The minimum atomic E-state index is -0.253. The number of hydrogen-bond donors (Lipinski definition) is 1. The summed E-state index contributed by atoms with van der Waals surface area (Å²) in [4.78, 5) is 18.4. The minimum absolute atomic E-state index is 0.0301. The maximum absolute atomic E-state index is 10.1. The Morgan fingerprint density at radius 1 is 1.78 bits per heavy atom. The summed E-state index contributed by atoms with van der Waals surface area (Å²) in [6.45, 7) is 1.81. The van der Waals surface area contributed by atoms with Crippen molar-refractivity contribution in [2.24, 2.45) is 0 Å². The second kappa shape index (κ2) is 5.78. The first-order chi connectivity index (χ1) is 4.27. The Balaban J connectivity index is 2.83. The van der Waals surface area contributed by atoms with Crippen LogP contribution >= 0.6 is 0 Å². The van der Waals surface area contributed by atoms with E-state index in [1.54, 1.807) is 0 Å². The van der Waals surface area contributed by atoms with Gasteiger partial charge in [0, 0.05) is 6.92 Å². The average Bonchev–Trinajstić information content (AvgIpc) is 1.80. The molecule has 0 aromatic carbocycles. The zero-order valence-electron chi connectivity index (χ0n) is 5.39. The normalized spacial score (nSPS) is 9.11. The van der Waals surface area contributed by atoms with Gasteiger partial charge in [0.1, 0.15) is 0 Å². The molecule has 3 nitrogen and oxygen atoms in total. The van der Waals surface area contributed by atoms with E-state index in [1.165, 1.54) is 6.92 Å². The molecule has 0 unspecified atom stereocenters. The number of ether oxygens (including phenoxy) is 1. The molecule has 0 aromatic heterocycles. The van der Waals surface area contributed by atoms with E-state index in [-0.39, 0.29) is 15.7 Å². The molecular weight excluding hydrogens is 136 g/mol. The van der Waals surface area contributed by atoms with Crippen molar-refractivity contribution < 1.29 is 14.3 Å². The topological polar surface area (TPSA) is 46.5 Å². The Morgan fingerprint density at radius 3 is 2.89 bits per heavy atom. The second-order valence-electron chi connectivity index (χ2n) is 1.60. The number of esters is 1. The van der Waals surface area contributed by atoms with Crippen molar-refractivity contribution in [3.8, 4) is 0 Å². The molecule has 9 heavy (non-hydrogen) atoms. The first-order valence-corrected chi connectivity index (χ1v) is 3.93. The quantitative estimate of drug-likeness (QED) is 0.344. The van der Waals surface area contributed by atoms with Gasteiger partial charge in [-0.25, -0.2) is 0 Å². The van der Waals surface area contributed by atoms with Crippen LogP contribution in [-0.2, 0) is 9.53 Å². The van der Waals surface area contributed by atoms with Crippen LogP contribution in [0.5, 0.6) is 0 Å². The van der Waals surface area contributed by atoms with E-state index in [0.717, 1.165) is 12.5 Å². The molecule has 0 heterocycles. The van der Waals surface area contributed by atoms with Crippen LogP contribution < -0.4 is 0 Å². The summed E-state index contributed by atoms with van der Waals surface area (Å²) in [6.07, 6.45) is 0.758. The Hall–Kier alpha value is -0.353. The molecule has 0 fully saturated rings. The summed E-state index contributed by atoms with van der Waals surface area (Å²) >= 11 is 0. The van der Waals surface area contributed by atoms with Gasteiger partial charge < -0.3 is 9.53 Å². The van der Waals surface area contributed by atoms with Gasteiger partial charge in [0.05, 0.1) is 6.61 Å². The molecule has 0 aliphatic heterocycles. The molecule has 0 aliphatic rings. The first-order valence-electron chi connectivity index (χ1n) is 2.77. The van der Waals surface area contributed by atoms with Crippen molar-refractivity contribution in [1.82, 2.24) is 0 Å². The highest BCUT2D eigenvalue weighted by atomic mass is 28.2. The summed E-state index contributed by atoms with van der Waals surface area (Å²) in [5, 5.41) is 0. The molecule has 0 saturated carbocycles. The number of rotatable bonds is 4. The van der Waals surface area contributed by atoms with Crippen molar-refractivity contribution in [3.63, 3.8) is 0 Å². The Kier molecular flexibility index (Phi) is 5.55. The molecule has 0 aliphatic carbocycles. The van der Waals surface area contributed by atoms with E-state index in [4.69, 9.17) is 4.80 Å². The minimum Gasteiger partial charge on any atom is -0.466 e. The van der Waals surface area contributed by atoms with Crippen LogP contribution in [0.2, 0.25) is 6.04 Å². The summed E-state index contributed by atoms with van der Waals surface area (Å²) in [5.41, 5.74) is 0. The van der Waals surface area contributed by atoms with Crippen LogP contribution in [0.3, 0.4) is 0 Å². The van der Waals surface area contributed by atoms with Crippen LogP contribution in [-0.4, -0.2) is 27.1 Å². The van der Waals surface area contributed by atoms with Crippen molar-refractivity contribution in [3.05, 3.63) is 0 Å². The molecule has 0 aromatic rings. The lowest BCUT2D eigenvalue weighted by Crippen LogP contribution is -2.01. The van der Waals surface area contributed by atoms with E-state index in [0.29, 0.717) is 6.61 Å². The van der Waals surface area contributed by atoms with E-state index in [1.807, 2.05) is 0 Å². The highest BCUT2D eigenvalue weighted by Gasteiger charge is 1.91. The molecule has 1 N–H and O–H groups in total. The predicted molar refractivity (Wildman–Crippen MR) is 34.0 cm³/mol. The lowest BCUT2D eigenvalue weighted by Gasteiger charge is -1.97.